The lowest BCUT2D eigenvalue weighted by molar-refractivity contribution is -0.139. The summed E-state index contributed by atoms with van der Waals surface area (Å²) in [6, 6.07) is 17.4. The Kier molecular flexibility index (Phi) is 6.79. The zero-order chi connectivity index (χ0) is 19.9. The molecule has 6 nitrogen and oxygen atoms in total. The zero-order valence-corrected chi connectivity index (χ0v) is 15.8. The maximum absolute atomic E-state index is 12.9. The van der Waals surface area contributed by atoms with E-state index in [1.807, 2.05) is 42.5 Å². The van der Waals surface area contributed by atoms with Gasteiger partial charge in [-0.3, -0.25) is 14.8 Å². The number of nitrogens with zero attached hydrogens (tertiary/aromatic N) is 1. The molecule has 0 aliphatic heterocycles. The number of amides is 2. The highest BCUT2D eigenvalue weighted by atomic mass is 16.5. The minimum Gasteiger partial charge on any atom is -0.390 e. The van der Waals surface area contributed by atoms with Crippen LogP contribution in [0.5, 0.6) is 0 Å². The van der Waals surface area contributed by atoms with Gasteiger partial charge in [0, 0.05) is 25.8 Å². The topological polar surface area (TPSA) is 89.9 Å². The largest absolute Gasteiger partial charge is 0.390 e. The molecule has 2 aromatic rings. The van der Waals surface area contributed by atoms with Crippen molar-refractivity contribution >= 4 is 11.8 Å². The number of aliphatic hydroxyl groups is 1. The molecule has 2 atom stereocenters. The van der Waals surface area contributed by atoms with Crippen molar-refractivity contribution in [2.24, 2.45) is 0 Å². The number of hydroxylamine groups is 1. The predicted molar refractivity (Wildman–Crippen MR) is 105 cm³/mol. The zero-order valence-electron chi connectivity index (χ0n) is 15.8. The van der Waals surface area contributed by atoms with Crippen LogP contribution in [0.2, 0.25) is 0 Å². The Bertz CT molecular complexity index is 809. The molecule has 0 radical (unpaired) electrons. The molecule has 0 heterocycles. The lowest BCUT2D eigenvalue weighted by atomic mass is 10.0. The summed E-state index contributed by atoms with van der Waals surface area (Å²) in [6.07, 6.45) is 1.34. The van der Waals surface area contributed by atoms with E-state index in [-0.39, 0.29) is 18.7 Å². The van der Waals surface area contributed by atoms with Crippen LogP contribution in [0.25, 0.3) is 0 Å². The Morgan fingerprint density at radius 1 is 1.04 bits per heavy atom. The number of carbonyl (C=O) groups is 2. The number of aryl methyl sites for hydroxylation is 1. The van der Waals surface area contributed by atoms with Crippen molar-refractivity contribution in [2.75, 3.05) is 6.54 Å². The van der Waals surface area contributed by atoms with Gasteiger partial charge in [0.15, 0.2) is 0 Å². The predicted octanol–water partition coefficient (Wildman–Crippen LogP) is 2.39. The van der Waals surface area contributed by atoms with E-state index in [2.05, 4.69) is 12.1 Å². The van der Waals surface area contributed by atoms with Gasteiger partial charge in [-0.1, -0.05) is 54.6 Å². The summed E-state index contributed by atoms with van der Waals surface area (Å²) in [7, 11) is 0. The van der Waals surface area contributed by atoms with Crippen molar-refractivity contribution < 1.29 is 19.9 Å². The Morgan fingerprint density at radius 3 is 2.50 bits per heavy atom. The summed E-state index contributed by atoms with van der Waals surface area (Å²) >= 11 is 0. The van der Waals surface area contributed by atoms with Crippen LogP contribution in [0.15, 0.2) is 54.6 Å². The van der Waals surface area contributed by atoms with E-state index < -0.39 is 18.1 Å². The molecule has 1 aliphatic carbocycles. The average Bonchev–Trinajstić information content (AvgIpc) is 3.05. The fourth-order valence-electron chi connectivity index (χ4n) is 3.87. The van der Waals surface area contributed by atoms with Crippen LogP contribution < -0.4 is 5.48 Å². The van der Waals surface area contributed by atoms with Gasteiger partial charge < -0.3 is 10.0 Å². The van der Waals surface area contributed by atoms with Crippen molar-refractivity contribution in [3.05, 3.63) is 71.3 Å². The highest BCUT2D eigenvalue weighted by Gasteiger charge is 2.37. The second-order valence-electron chi connectivity index (χ2n) is 7.13. The molecule has 1 aliphatic rings. The van der Waals surface area contributed by atoms with E-state index in [1.165, 1.54) is 5.56 Å². The Morgan fingerprint density at radius 2 is 1.75 bits per heavy atom. The number of carbonyl (C=O) groups excluding carboxylic acids is 2. The molecule has 0 bridgehead atoms. The summed E-state index contributed by atoms with van der Waals surface area (Å²) in [6.45, 7) is 0.491. The molecule has 148 valence electrons. The standard InChI is InChI=1S/C22H26N2O4/c25-19-15-17-10-4-5-11-18(17)22(19)24(21(27)13-12-20(26)23-28)14-6-9-16-7-2-1-3-8-16/h1-5,7-8,10-11,19,22,25,28H,6,9,12-15H2,(H,23,26)/t19-,22+/m1/s1. The molecule has 3 rings (SSSR count). The van der Waals surface area contributed by atoms with E-state index >= 15 is 0 Å². The maximum atomic E-state index is 12.9. The number of aliphatic hydroxyl groups excluding tert-OH is 1. The van der Waals surface area contributed by atoms with E-state index in [1.54, 1.807) is 10.4 Å². The lowest BCUT2D eigenvalue weighted by Gasteiger charge is -2.32. The molecular weight excluding hydrogens is 356 g/mol. The number of benzene rings is 2. The molecule has 3 N–H and O–H groups in total. The Labute approximate surface area is 164 Å². The number of rotatable bonds is 8. The fraction of sp³-hybridized carbons (Fsp3) is 0.364. The summed E-state index contributed by atoms with van der Waals surface area (Å²) in [4.78, 5) is 25.9. The first-order valence-electron chi connectivity index (χ1n) is 9.62. The first-order valence-corrected chi connectivity index (χ1v) is 9.62. The van der Waals surface area contributed by atoms with E-state index in [0.29, 0.717) is 13.0 Å². The summed E-state index contributed by atoms with van der Waals surface area (Å²) in [5, 5.41) is 19.3. The molecule has 28 heavy (non-hydrogen) atoms. The van der Waals surface area contributed by atoms with Crippen LogP contribution in [0, 0.1) is 0 Å². The van der Waals surface area contributed by atoms with Crippen LogP contribution >= 0.6 is 0 Å². The summed E-state index contributed by atoms with van der Waals surface area (Å²) in [5.41, 5.74) is 4.77. The highest BCUT2D eigenvalue weighted by Crippen LogP contribution is 2.36. The van der Waals surface area contributed by atoms with E-state index in [0.717, 1.165) is 24.0 Å². The molecule has 0 spiro atoms. The first kappa shape index (κ1) is 20.0. The third-order valence-electron chi connectivity index (χ3n) is 5.22. The minimum atomic E-state index is -0.662. The molecule has 2 amide bonds. The monoisotopic (exact) mass is 382 g/mol. The normalized spacial score (nSPS) is 17.8. The van der Waals surface area contributed by atoms with Crippen LogP contribution in [-0.2, 0) is 22.4 Å². The van der Waals surface area contributed by atoms with Gasteiger partial charge in [-0.05, 0) is 29.5 Å². The number of hydrogen-bond donors (Lipinski definition) is 3. The smallest absolute Gasteiger partial charge is 0.243 e. The second-order valence-corrected chi connectivity index (χ2v) is 7.13. The molecule has 0 saturated heterocycles. The molecule has 0 unspecified atom stereocenters. The van der Waals surface area contributed by atoms with Gasteiger partial charge in [0.05, 0.1) is 12.1 Å². The lowest BCUT2D eigenvalue weighted by Crippen LogP contribution is -2.40. The van der Waals surface area contributed by atoms with Gasteiger partial charge in [-0.15, -0.1) is 0 Å². The quantitative estimate of drug-likeness (QED) is 0.483. The average molecular weight is 382 g/mol. The van der Waals surface area contributed by atoms with Crippen molar-refractivity contribution in [3.63, 3.8) is 0 Å². The molecule has 2 aromatic carbocycles. The van der Waals surface area contributed by atoms with Crippen LogP contribution in [-0.4, -0.2) is 39.7 Å². The van der Waals surface area contributed by atoms with E-state index in [9.17, 15) is 14.7 Å². The van der Waals surface area contributed by atoms with Gasteiger partial charge in [-0.25, -0.2) is 5.48 Å². The second kappa shape index (κ2) is 9.48. The van der Waals surface area contributed by atoms with Gasteiger partial charge in [0.25, 0.3) is 0 Å². The van der Waals surface area contributed by atoms with Crippen molar-refractivity contribution in [1.29, 1.82) is 0 Å². The fourth-order valence-corrected chi connectivity index (χ4v) is 3.87. The minimum absolute atomic E-state index is 0.0108. The van der Waals surface area contributed by atoms with Crippen LogP contribution in [0.3, 0.4) is 0 Å². The van der Waals surface area contributed by atoms with E-state index in [4.69, 9.17) is 5.21 Å². The van der Waals surface area contributed by atoms with Gasteiger partial charge in [-0.2, -0.15) is 0 Å². The molecule has 0 fully saturated rings. The Balaban J connectivity index is 1.74. The third kappa shape index (κ3) is 4.77. The SMILES string of the molecule is O=C(CCC(=O)N(CCCc1ccccc1)[C@H]1c2ccccc2C[C@H]1O)NO. The Hall–Kier alpha value is -2.70. The summed E-state index contributed by atoms with van der Waals surface area (Å²) in [5.74, 6) is -0.789. The molecule has 6 heteroatoms. The van der Waals surface area contributed by atoms with Gasteiger partial charge in [0.1, 0.15) is 0 Å². The van der Waals surface area contributed by atoms with Crippen molar-refractivity contribution in [1.82, 2.24) is 10.4 Å². The molecule has 0 saturated carbocycles. The van der Waals surface area contributed by atoms with Crippen molar-refractivity contribution in [3.8, 4) is 0 Å². The van der Waals surface area contributed by atoms with Crippen LogP contribution in [0.4, 0.5) is 0 Å². The van der Waals surface area contributed by atoms with Crippen LogP contribution in [0.1, 0.15) is 42.0 Å². The number of hydrogen-bond acceptors (Lipinski definition) is 4. The number of fused-ring (bicyclic) bond motifs is 1. The van der Waals surface area contributed by atoms with Crippen molar-refractivity contribution in [2.45, 2.75) is 44.2 Å². The number of nitrogens with one attached hydrogen (secondary N) is 1. The molecule has 0 aromatic heterocycles. The maximum Gasteiger partial charge on any atom is 0.243 e. The highest BCUT2D eigenvalue weighted by molar-refractivity contribution is 5.83. The first-order chi connectivity index (χ1) is 13.6. The molecular formula is C22H26N2O4. The van der Waals surface area contributed by atoms with Gasteiger partial charge >= 0.3 is 0 Å². The summed E-state index contributed by atoms with van der Waals surface area (Å²) < 4.78 is 0. The third-order valence-corrected chi connectivity index (χ3v) is 5.22. The van der Waals surface area contributed by atoms with Gasteiger partial charge in [0.2, 0.25) is 11.8 Å².